The normalized spacial score (nSPS) is 11.0. The fourth-order valence-corrected chi connectivity index (χ4v) is 3.18. The van der Waals surface area contributed by atoms with Crippen LogP contribution in [0.5, 0.6) is 0 Å². The molecular weight excluding hydrogens is 610 g/mol. The van der Waals surface area contributed by atoms with E-state index in [9.17, 15) is 19.2 Å². The Labute approximate surface area is 279 Å². The van der Waals surface area contributed by atoms with Crippen molar-refractivity contribution in [2.75, 3.05) is 95.1 Å². The fraction of sp³-hybridized carbons (Fsp3) is 0.786. The Balaban J connectivity index is -0.000000246. The summed E-state index contributed by atoms with van der Waals surface area (Å²) < 4.78 is 40.1. The summed E-state index contributed by atoms with van der Waals surface area (Å²) >= 11 is -0.691. The Kier molecular flexibility index (Phi) is 42.8. The van der Waals surface area contributed by atoms with Crippen LogP contribution in [0.15, 0.2) is 0 Å². The molecule has 0 saturated carbocycles. The Morgan fingerprint density at radius 2 is 0.977 bits per heavy atom. The van der Waals surface area contributed by atoms with E-state index in [-0.39, 0.29) is 55.5 Å². The summed E-state index contributed by atoms with van der Waals surface area (Å²) in [5.41, 5.74) is 0. The zero-order valence-corrected chi connectivity index (χ0v) is 31.2. The van der Waals surface area contributed by atoms with Gasteiger partial charge in [0.1, 0.15) is 0 Å². The van der Waals surface area contributed by atoms with Crippen molar-refractivity contribution in [1.29, 1.82) is 0 Å². The third-order valence-corrected chi connectivity index (χ3v) is 5.94. The van der Waals surface area contributed by atoms with Crippen LogP contribution in [0.4, 0.5) is 0 Å². The molecule has 0 heterocycles. The zero-order chi connectivity index (χ0) is 34.8. The molecule has 0 aliphatic carbocycles. The number of hydrogen-bond acceptors (Lipinski definition) is 14. The predicted molar refractivity (Wildman–Crippen MR) is 169 cm³/mol. The molecule has 0 fully saturated rings. The fourth-order valence-electron chi connectivity index (χ4n) is 2.08. The first-order chi connectivity index (χ1) is 20.7. The van der Waals surface area contributed by atoms with E-state index >= 15 is 0 Å². The van der Waals surface area contributed by atoms with Gasteiger partial charge in [-0.15, -0.1) is 0 Å². The summed E-state index contributed by atoms with van der Waals surface area (Å²) in [6.07, 6.45) is 2.12. The predicted octanol–water partition coefficient (Wildman–Crippen LogP) is 0.986. The van der Waals surface area contributed by atoms with Crippen molar-refractivity contribution >= 4 is 55.3 Å². The van der Waals surface area contributed by atoms with Crippen LogP contribution in [-0.4, -0.2) is 172 Å². The van der Waals surface area contributed by atoms with E-state index in [1.54, 1.807) is 28.1 Å². The first kappa shape index (κ1) is 49.6. The molecule has 2 atom stereocenters. The molecule has 2 unspecified atom stereocenters. The van der Waals surface area contributed by atoms with Gasteiger partial charge in [-0.2, -0.15) is 0 Å². The molecule has 0 radical (unpaired) electrons. The molecule has 0 bridgehead atoms. The van der Waals surface area contributed by atoms with Crippen molar-refractivity contribution in [3.8, 4) is 0 Å². The van der Waals surface area contributed by atoms with Gasteiger partial charge in [0.2, 0.25) is 0 Å². The van der Waals surface area contributed by atoms with E-state index < -0.39 is 11.9 Å². The van der Waals surface area contributed by atoms with E-state index in [1.807, 2.05) is 42.0 Å². The third-order valence-electron chi connectivity index (χ3n) is 4.04. The number of carbonyl (C=O) groups is 4. The van der Waals surface area contributed by atoms with Gasteiger partial charge in [0, 0.05) is 11.6 Å². The number of Topliss-reactive ketones (excluding diaryl/α,β-unsaturated/α-hetero) is 2. The topological polar surface area (TPSA) is 149 Å². The van der Waals surface area contributed by atoms with E-state index in [0.717, 1.165) is 39.1 Å². The number of esters is 2. The number of methoxy groups -OCH3 is 2. The minimum atomic E-state index is -0.565. The van der Waals surface area contributed by atoms with Crippen LogP contribution in [0.2, 0.25) is 0 Å². The Hall–Kier alpha value is -1.24. The van der Waals surface area contributed by atoms with Gasteiger partial charge in [0.05, 0.1) is 13.2 Å². The molecular formula is C28H56Al2N2O12. The molecule has 256 valence electrons. The number of carbonyl (C=O) groups excluding carboxylic acids is 4. The van der Waals surface area contributed by atoms with Crippen molar-refractivity contribution in [1.82, 2.24) is 9.80 Å². The van der Waals surface area contributed by atoms with E-state index in [1.165, 1.54) is 13.8 Å². The van der Waals surface area contributed by atoms with Crippen LogP contribution in [0.3, 0.4) is 0 Å². The van der Waals surface area contributed by atoms with Crippen molar-refractivity contribution in [3.63, 3.8) is 0 Å². The molecule has 0 aromatic heterocycles. The number of ether oxygens (including phenoxy) is 4. The molecule has 0 spiro atoms. The second-order valence-electron chi connectivity index (χ2n) is 9.36. The molecule has 0 aromatic carbocycles. The third kappa shape index (κ3) is 53.3. The van der Waals surface area contributed by atoms with Crippen LogP contribution >= 0.6 is 0 Å². The maximum absolute atomic E-state index is 10.4. The molecule has 14 nitrogen and oxygen atoms in total. The van der Waals surface area contributed by atoms with Crippen LogP contribution in [0.25, 0.3) is 0 Å². The van der Waals surface area contributed by atoms with Crippen LogP contribution in [0.1, 0.15) is 41.5 Å². The van der Waals surface area contributed by atoms with Gasteiger partial charge in [0.25, 0.3) is 0 Å². The molecule has 0 rings (SSSR count). The number of rotatable bonds is 22. The molecule has 16 heteroatoms. The maximum atomic E-state index is 10.4. The van der Waals surface area contributed by atoms with Crippen molar-refractivity contribution in [2.45, 2.75) is 53.8 Å². The van der Waals surface area contributed by atoms with Crippen molar-refractivity contribution < 1.29 is 53.3 Å². The summed E-state index contributed by atoms with van der Waals surface area (Å²) in [6.45, 7) is 15.2. The molecule has 0 aliphatic heterocycles. The average Bonchev–Trinajstić information content (AvgIpc) is 2.89. The quantitative estimate of drug-likeness (QED) is 0.0532. The standard InChI is InChI=1S/2C6H9O3.2C4H10NO.2C4H9O2.2Al/c2*1-3-9-6(8)4-5(2)7;2*1-5(2)3-4-6;2*1-4(5)3-6-2;;/h2*4H,3H2,1-2H3;2*3-4H2,1-2H3;2*4H,3H2,1-2H3;;/q6*-1;2*+3. The monoisotopic (exact) mass is 666 g/mol. The average molecular weight is 667 g/mol. The van der Waals surface area contributed by atoms with Gasteiger partial charge in [0.15, 0.2) is 11.9 Å². The van der Waals surface area contributed by atoms with Crippen LogP contribution in [0, 0.1) is 12.8 Å². The minimum absolute atomic E-state index is 0.138. The van der Waals surface area contributed by atoms with E-state index in [0.29, 0.717) is 26.4 Å². The van der Waals surface area contributed by atoms with Gasteiger partial charge in [-0.25, -0.2) is 12.8 Å². The Morgan fingerprint density at radius 1 is 0.659 bits per heavy atom. The molecule has 0 aliphatic rings. The summed E-state index contributed by atoms with van der Waals surface area (Å²) in [5.74, 6) is -1.70. The SMILES string of the molecule is CCOC(=O)[CH-]C(C)=O.CCOC(=O)[CH-]C(C)=O.COCC(C)[O][Al+][O]CCN(C)C.COCC(C)[O][Al+][O]CCN(C)C. The summed E-state index contributed by atoms with van der Waals surface area (Å²) in [6, 6.07) is 0. The van der Waals surface area contributed by atoms with E-state index in [2.05, 4.69) is 19.3 Å². The zero-order valence-electron chi connectivity index (χ0n) is 28.9. The van der Waals surface area contributed by atoms with Crippen molar-refractivity contribution in [2.24, 2.45) is 0 Å². The first-order valence-electron chi connectivity index (χ1n) is 14.1. The van der Waals surface area contributed by atoms with E-state index in [4.69, 9.17) is 24.6 Å². The second kappa shape index (κ2) is 37.9. The molecule has 0 N–H and O–H groups in total. The number of nitrogens with zero attached hydrogens (tertiary/aromatic N) is 2. The Bertz CT molecular complexity index is 633. The van der Waals surface area contributed by atoms with Gasteiger partial charge >= 0.3 is 174 Å². The van der Waals surface area contributed by atoms with Crippen LogP contribution < -0.4 is 0 Å². The summed E-state index contributed by atoms with van der Waals surface area (Å²) in [4.78, 5) is 45.2. The molecule has 0 saturated heterocycles. The Morgan fingerprint density at radius 3 is 1.20 bits per heavy atom. The number of likely N-dealkylation sites (N-methyl/N-ethyl adjacent to an activating group) is 2. The summed E-state index contributed by atoms with van der Waals surface area (Å²) in [7, 11) is 11.4. The van der Waals surface area contributed by atoms with Crippen LogP contribution in [-0.2, 0) is 53.3 Å². The molecule has 44 heavy (non-hydrogen) atoms. The number of hydrogen-bond donors (Lipinski definition) is 0. The molecule has 0 aromatic rings. The number of ketones is 2. The second-order valence-corrected chi connectivity index (χ2v) is 11.0. The van der Waals surface area contributed by atoms with Gasteiger partial charge in [-0.3, -0.25) is 9.59 Å². The van der Waals surface area contributed by atoms with Gasteiger partial charge < -0.3 is 19.1 Å². The van der Waals surface area contributed by atoms with Crippen molar-refractivity contribution in [3.05, 3.63) is 12.8 Å². The molecule has 0 amide bonds. The first-order valence-corrected chi connectivity index (χ1v) is 16.0. The van der Waals surface area contributed by atoms with Gasteiger partial charge in [-0.05, 0) is 27.7 Å². The van der Waals surface area contributed by atoms with Gasteiger partial charge in [-0.1, -0.05) is 0 Å². The summed E-state index contributed by atoms with van der Waals surface area (Å²) in [5, 5.41) is 0.